The summed E-state index contributed by atoms with van der Waals surface area (Å²) in [5.41, 5.74) is 0.976. The number of aromatic nitrogens is 3. The summed E-state index contributed by atoms with van der Waals surface area (Å²) in [4.78, 5) is 14.2. The molecular weight excluding hydrogens is 409 g/mol. The number of halogens is 3. The molecule has 1 saturated carbocycles. The molecule has 1 aliphatic carbocycles. The van der Waals surface area contributed by atoms with Gasteiger partial charge in [0, 0.05) is 18.3 Å². The Morgan fingerprint density at radius 3 is 2.50 bits per heavy atom. The second-order valence-corrected chi connectivity index (χ2v) is 8.78. The second-order valence-electron chi connectivity index (χ2n) is 7.72. The van der Waals surface area contributed by atoms with Gasteiger partial charge in [0.2, 0.25) is 0 Å². The lowest BCUT2D eigenvalue weighted by Gasteiger charge is -2.11. The number of hydrogen-bond acceptors (Lipinski definition) is 5. The van der Waals surface area contributed by atoms with Gasteiger partial charge in [-0.25, -0.2) is 15.0 Å². The smallest absolute Gasteiger partial charge is 0.325 e. The van der Waals surface area contributed by atoms with Crippen LogP contribution in [0, 0.1) is 6.92 Å². The van der Waals surface area contributed by atoms with Crippen molar-refractivity contribution in [2.45, 2.75) is 57.5 Å². The van der Waals surface area contributed by atoms with E-state index in [2.05, 4.69) is 20.3 Å². The third-order valence-corrected chi connectivity index (χ3v) is 6.48. The molecule has 0 spiro atoms. The average molecular weight is 433 g/mol. The lowest BCUT2D eigenvalue weighted by atomic mass is 10.0. The third-order valence-electron chi connectivity index (χ3n) is 5.29. The minimum Gasteiger partial charge on any atom is -0.325 e. The van der Waals surface area contributed by atoms with Crippen LogP contribution in [0.2, 0.25) is 0 Å². The number of anilines is 2. The number of nitrogens with one attached hydrogen (secondary N) is 1. The molecule has 0 saturated heterocycles. The van der Waals surface area contributed by atoms with Gasteiger partial charge < -0.3 is 5.32 Å². The molecule has 30 heavy (non-hydrogen) atoms. The maximum atomic E-state index is 13.0. The van der Waals surface area contributed by atoms with Crippen molar-refractivity contribution in [1.82, 2.24) is 15.0 Å². The molecule has 8 heteroatoms. The fraction of sp³-hybridized carbons (Fsp3) is 0.409. The molecule has 1 N–H and O–H groups in total. The van der Waals surface area contributed by atoms with E-state index in [1.807, 2.05) is 19.2 Å². The second kappa shape index (κ2) is 8.71. The van der Waals surface area contributed by atoms with Crippen LogP contribution in [0.25, 0.3) is 10.6 Å². The van der Waals surface area contributed by atoms with Gasteiger partial charge in [-0.1, -0.05) is 25.7 Å². The molecule has 0 bridgehead atoms. The lowest BCUT2D eigenvalue weighted by Crippen LogP contribution is -2.06. The van der Waals surface area contributed by atoms with Crippen molar-refractivity contribution in [3.05, 3.63) is 52.8 Å². The highest BCUT2D eigenvalue weighted by Crippen LogP contribution is 2.37. The van der Waals surface area contributed by atoms with Gasteiger partial charge in [0.1, 0.15) is 11.6 Å². The fourth-order valence-electron chi connectivity index (χ4n) is 3.79. The minimum absolute atomic E-state index is 0.109. The van der Waals surface area contributed by atoms with Gasteiger partial charge >= 0.3 is 6.18 Å². The van der Waals surface area contributed by atoms with Gasteiger partial charge in [-0.05, 0) is 49.6 Å². The lowest BCUT2D eigenvalue weighted by molar-refractivity contribution is -0.137. The van der Waals surface area contributed by atoms with E-state index in [1.165, 1.54) is 38.5 Å². The Bertz CT molecular complexity index is 1010. The number of aryl methyl sites for hydroxylation is 1. The summed E-state index contributed by atoms with van der Waals surface area (Å²) in [5.74, 6) is 1.08. The van der Waals surface area contributed by atoms with Crippen molar-refractivity contribution in [3.8, 4) is 10.6 Å². The molecule has 0 radical (unpaired) electrons. The number of nitrogens with zero attached hydrogens (tertiary/aromatic N) is 3. The molecule has 3 aromatic heterocycles. The third kappa shape index (κ3) is 4.98. The van der Waals surface area contributed by atoms with Crippen molar-refractivity contribution in [3.63, 3.8) is 0 Å². The summed E-state index contributed by atoms with van der Waals surface area (Å²) in [7, 11) is 0. The van der Waals surface area contributed by atoms with E-state index in [4.69, 9.17) is 0 Å². The summed E-state index contributed by atoms with van der Waals surface area (Å²) in [5, 5.41) is 4.06. The number of rotatable bonds is 4. The fourth-order valence-corrected chi connectivity index (χ4v) is 4.83. The quantitative estimate of drug-likeness (QED) is 0.446. The highest BCUT2D eigenvalue weighted by Gasteiger charge is 2.30. The topological polar surface area (TPSA) is 50.7 Å². The van der Waals surface area contributed by atoms with Gasteiger partial charge in [-0.3, -0.25) is 0 Å². The van der Waals surface area contributed by atoms with Gasteiger partial charge in [0.05, 0.1) is 21.1 Å². The monoisotopic (exact) mass is 432 g/mol. The van der Waals surface area contributed by atoms with E-state index in [1.54, 1.807) is 17.4 Å². The Kier molecular flexibility index (Phi) is 6.04. The maximum absolute atomic E-state index is 13.0. The first-order chi connectivity index (χ1) is 14.4. The van der Waals surface area contributed by atoms with Crippen LogP contribution in [0.4, 0.5) is 24.8 Å². The maximum Gasteiger partial charge on any atom is 0.416 e. The van der Waals surface area contributed by atoms with Gasteiger partial charge in [0.15, 0.2) is 0 Å². The summed E-state index contributed by atoms with van der Waals surface area (Å²) >= 11 is 1.67. The van der Waals surface area contributed by atoms with Crippen molar-refractivity contribution in [2.24, 2.45) is 0 Å². The SMILES string of the molecule is Cc1cc(Nc2cc(C(F)(F)F)ccn2)nc(-c2cnc(C3CCCCCC3)s2)c1. The molecule has 0 aliphatic heterocycles. The Morgan fingerprint density at radius 2 is 1.77 bits per heavy atom. The Hall–Kier alpha value is -2.48. The van der Waals surface area contributed by atoms with Gasteiger partial charge in [-0.2, -0.15) is 13.2 Å². The number of pyridine rings is 2. The number of hydrogen-bond donors (Lipinski definition) is 1. The largest absolute Gasteiger partial charge is 0.416 e. The highest BCUT2D eigenvalue weighted by atomic mass is 32.1. The highest BCUT2D eigenvalue weighted by molar-refractivity contribution is 7.15. The van der Waals surface area contributed by atoms with Crippen LogP contribution < -0.4 is 5.32 Å². The summed E-state index contributed by atoms with van der Waals surface area (Å²) in [6.07, 6.45) is 6.05. The van der Waals surface area contributed by atoms with Crippen LogP contribution >= 0.6 is 11.3 Å². The summed E-state index contributed by atoms with van der Waals surface area (Å²) in [6, 6.07) is 5.70. The molecule has 1 fully saturated rings. The van der Waals surface area contributed by atoms with Gasteiger partial charge in [0.25, 0.3) is 0 Å². The average Bonchev–Trinajstić information content (AvgIpc) is 3.03. The predicted molar refractivity (Wildman–Crippen MR) is 113 cm³/mol. The molecule has 3 heterocycles. The van der Waals surface area contributed by atoms with Crippen LogP contribution in [0.5, 0.6) is 0 Å². The zero-order valence-corrected chi connectivity index (χ0v) is 17.5. The zero-order valence-electron chi connectivity index (χ0n) is 16.7. The first-order valence-corrected chi connectivity index (χ1v) is 11.0. The molecule has 0 unspecified atom stereocenters. The van der Waals surface area contributed by atoms with Crippen LogP contribution in [-0.2, 0) is 6.18 Å². The molecule has 0 amide bonds. The Morgan fingerprint density at radius 1 is 1.00 bits per heavy atom. The van der Waals surface area contributed by atoms with E-state index < -0.39 is 11.7 Å². The molecule has 158 valence electrons. The molecular formula is C22H23F3N4S. The predicted octanol–water partition coefficient (Wildman–Crippen LogP) is 7.11. The molecule has 4 nitrogen and oxygen atoms in total. The Labute approximate surface area is 177 Å². The normalized spacial score (nSPS) is 15.7. The summed E-state index contributed by atoms with van der Waals surface area (Å²) < 4.78 is 38.9. The first-order valence-electron chi connectivity index (χ1n) is 10.1. The van der Waals surface area contributed by atoms with Crippen LogP contribution in [0.3, 0.4) is 0 Å². The number of alkyl halides is 3. The van der Waals surface area contributed by atoms with E-state index in [0.29, 0.717) is 11.7 Å². The van der Waals surface area contributed by atoms with Gasteiger partial charge in [-0.15, -0.1) is 11.3 Å². The van der Waals surface area contributed by atoms with Crippen molar-refractivity contribution in [1.29, 1.82) is 0 Å². The molecule has 4 rings (SSSR count). The van der Waals surface area contributed by atoms with Crippen molar-refractivity contribution >= 4 is 23.0 Å². The van der Waals surface area contributed by atoms with Crippen LogP contribution in [0.1, 0.15) is 60.6 Å². The first kappa shape index (κ1) is 20.8. The molecule has 0 atom stereocenters. The zero-order chi connectivity index (χ0) is 21.1. The van der Waals surface area contributed by atoms with Crippen LogP contribution in [0.15, 0.2) is 36.7 Å². The minimum atomic E-state index is -4.42. The molecule has 1 aliphatic rings. The van der Waals surface area contributed by atoms with Crippen molar-refractivity contribution < 1.29 is 13.2 Å². The number of thiazole rings is 1. The van der Waals surface area contributed by atoms with E-state index in [0.717, 1.165) is 39.5 Å². The Balaban J connectivity index is 1.57. The molecule has 0 aromatic carbocycles. The van der Waals surface area contributed by atoms with E-state index >= 15 is 0 Å². The molecule has 3 aromatic rings. The van der Waals surface area contributed by atoms with Crippen molar-refractivity contribution in [2.75, 3.05) is 5.32 Å². The summed E-state index contributed by atoms with van der Waals surface area (Å²) in [6.45, 7) is 1.93. The van der Waals surface area contributed by atoms with Crippen LogP contribution in [-0.4, -0.2) is 15.0 Å². The standard InChI is InChI=1S/C22H23F3N4S/c1-14-10-17(18-13-27-21(30-18)15-6-4-2-3-5-7-15)28-20(11-14)29-19-12-16(8-9-26-19)22(23,24)25/h8-13,15H,2-7H2,1H3,(H,26,28,29). The van der Waals surface area contributed by atoms with E-state index in [-0.39, 0.29) is 5.82 Å². The van der Waals surface area contributed by atoms with E-state index in [9.17, 15) is 13.2 Å².